The summed E-state index contributed by atoms with van der Waals surface area (Å²) >= 11 is 5.82. The van der Waals surface area contributed by atoms with Crippen LogP contribution in [0.15, 0.2) is 23.0 Å². The highest BCUT2D eigenvalue weighted by Gasteiger charge is 2.03. The zero-order valence-electron chi connectivity index (χ0n) is 3.48. The molecule has 1 aromatic rings. The smallest absolute Gasteiger partial charge is 0.382 e. The zero-order valence-corrected chi connectivity index (χ0v) is 6.65. The highest BCUT2D eigenvalue weighted by molar-refractivity contribution is 9.13. The van der Waals surface area contributed by atoms with Crippen molar-refractivity contribution in [1.82, 2.24) is 0 Å². The fraction of sp³-hybridized carbons (Fsp3) is 0. The third-order valence-electron chi connectivity index (χ3n) is 0.500. The highest BCUT2D eigenvalue weighted by Crippen LogP contribution is 2.19. The lowest BCUT2D eigenvalue weighted by Crippen LogP contribution is -1.84. The van der Waals surface area contributed by atoms with Gasteiger partial charge in [-0.15, -0.1) is 0 Å². The van der Waals surface area contributed by atoms with Gasteiger partial charge in [-0.3, -0.25) is 0 Å². The number of hydrogen-bond donors (Lipinski definition) is 0. The van der Waals surface area contributed by atoms with Crippen LogP contribution in [0.2, 0.25) is 0 Å². The van der Waals surface area contributed by atoms with Crippen molar-refractivity contribution in [3.8, 4) is 0 Å². The van der Waals surface area contributed by atoms with E-state index in [0.717, 1.165) is 0 Å². The number of rotatable bonds is 0. The normalized spacial score (nSPS) is 9.75. The molecule has 3 nitrogen and oxygen atoms in total. The third-order valence-corrected chi connectivity index (χ3v) is 2.08. The van der Waals surface area contributed by atoms with Gasteiger partial charge in [-0.2, -0.15) is 0 Å². The first kappa shape index (κ1) is 6.10. The third kappa shape index (κ3) is 1.03. The van der Waals surface area contributed by atoms with Gasteiger partial charge in [-0.05, 0) is 31.9 Å². The fourth-order valence-corrected chi connectivity index (χ4v) is 0.674. The lowest BCUT2D eigenvalue weighted by molar-refractivity contribution is 0.374. The monoisotopic (exact) mass is 242 g/mol. The molecule has 0 unspecified atom stereocenters. The Bertz CT molecular complexity index is 212. The molecule has 0 saturated heterocycles. The van der Waals surface area contributed by atoms with E-state index in [0.29, 0.717) is 0 Å². The van der Waals surface area contributed by atoms with Crippen LogP contribution in [0, 0.1) is 0 Å². The fourth-order valence-electron chi connectivity index (χ4n) is 0.247. The largest absolute Gasteiger partial charge is 0.520 e. The summed E-state index contributed by atoms with van der Waals surface area (Å²) in [5.41, 5.74) is 0. The van der Waals surface area contributed by atoms with E-state index in [1.807, 2.05) is 0 Å². The molecule has 0 amide bonds. The first-order valence-corrected chi connectivity index (χ1v) is 3.23. The predicted octanol–water partition coefficient (Wildman–Crippen LogP) is 1.76. The van der Waals surface area contributed by atoms with Crippen molar-refractivity contribution in [3.63, 3.8) is 0 Å². The van der Waals surface area contributed by atoms with Gasteiger partial charge in [0.2, 0.25) is 9.34 Å². The molecule has 0 N–H and O–H groups in total. The van der Waals surface area contributed by atoms with Gasteiger partial charge in [0.15, 0.2) is 0 Å². The molecule has 0 atom stereocenters. The molecule has 0 spiro atoms. The molecule has 5 heteroatoms. The van der Waals surface area contributed by atoms with Crippen LogP contribution in [0.1, 0.15) is 0 Å². The van der Waals surface area contributed by atoms with Crippen LogP contribution in [0.3, 0.4) is 0 Å². The Labute approximate surface area is 60.9 Å². The molecule has 0 aromatic carbocycles. The van der Waals surface area contributed by atoms with Crippen LogP contribution >= 0.6 is 31.9 Å². The second-order valence-electron chi connectivity index (χ2n) is 1.00. The van der Waals surface area contributed by atoms with Gasteiger partial charge < -0.3 is 8.83 Å². The van der Waals surface area contributed by atoms with E-state index >= 15 is 0 Å². The van der Waals surface area contributed by atoms with E-state index in [1.54, 1.807) is 0 Å². The summed E-state index contributed by atoms with van der Waals surface area (Å²) < 4.78 is 9.28. The SMILES string of the molecule is O=c1oc(Br)c(Br)o1. The van der Waals surface area contributed by atoms with Crippen LogP contribution < -0.4 is 5.82 Å². The summed E-state index contributed by atoms with van der Waals surface area (Å²) in [6.45, 7) is 0. The molecule has 0 aliphatic heterocycles. The molecular weight excluding hydrogens is 244 g/mol. The molecule has 0 aliphatic rings. The van der Waals surface area contributed by atoms with E-state index in [2.05, 4.69) is 40.7 Å². The molecule has 8 heavy (non-hydrogen) atoms. The standard InChI is InChI=1S/C3Br2O3/c4-1-2(5)8-3(6)7-1. The molecule has 0 bridgehead atoms. The second kappa shape index (κ2) is 2.06. The Hall–Kier alpha value is -0.0300. The number of halogens is 2. The molecule has 1 rings (SSSR count). The van der Waals surface area contributed by atoms with E-state index in [1.165, 1.54) is 0 Å². The van der Waals surface area contributed by atoms with Gasteiger partial charge in [0.25, 0.3) is 0 Å². The Kier molecular flexibility index (Phi) is 1.57. The predicted molar refractivity (Wildman–Crippen MR) is 32.6 cm³/mol. The highest BCUT2D eigenvalue weighted by atomic mass is 79.9. The maximum atomic E-state index is 10.1. The van der Waals surface area contributed by atoms with Crippen LogP contribution in [0.25, 0.3) is 0 Å². The van der Waals surface area contributed by atoms with Crippen molar-refractivity contribution in [2.24, 2.45) is 0 Å². The first-order valence-electron chi connectivity index (χ1n) is 1.65. The van der Waals surface area contributed by atoms with Crippen molar-refractivity contribution < 1.29 is 8.83 Å². The maximum absolute atomic E-state index is 10.1. The average molecular weight is 244 g/mol. The van der Waals surface area contributed by atoms with Crippen LogP contribution in [-0.2, 0) is 0 Å². The quantitative estimate of drug-likeness (QED) is 0.698. The maximum Gasteiger partial charge on any atom is 0.520 e. The van der Waals surface area contributed by atoms with Crippen molar-refractivity contribution >= 4 is 31.9 Å². The molecule has 0 saturated carbocycles. The molecule has 1 aromatic heterocycles. The molecule has 0 aliphatic carbocycles. The van der Waals surface area contributed by atoms with Crippen molar-refractivity contribution in [2.45, 2.75) is 0 Å². The van der Waals surface area contributed by atoms with Gasteiger partial charge in [0.1, 0.15) is 0 Å². The Morgan fingerprint density at radius 1 is 1.12 bits per heavy atom. The van der Waals surface area contributed by atoms with Gasteiger partial charge in [0.05, 0.1) is 0 Å². The van der Waals surface area contributed by atoms with Crippen LogP contribution in [-0.4, -0.2) is 0 Å². The molecule has 0 radical (unpaired) electrons. The second-order valence-corrected chi connectivity index (χ2v) is 2.44. The van der Waals surface area contributed by atoms with Crippen molar-refractivity contribution in [1.29, 1.82) is 0 Å². The molecular formula is C3Br2O3. The van der Waals surface area contributed by atoms with E-state index in [4.69, 9.17) is 0 Å². The molecule has 1 heterocycles. The summed E-state index contributed by atoms with van der Waals surface area (Å²) in [4.78, 5) is 10.1. The minimum Gasteiger partial charge on any atom is -0.382 e. The van der Waals surface area contributed by atoms with E-state index in [-0.39, 0.29) is 9.34 Å². The molecule has 44 valence electrons. The average Bonchev–Trinajstić information content (AvgIpc) is 1.85. The summed E-state index contributed by atoms with van der Waals surface area (Å²) in [6, 6.07) is 0. The lowest BCUT2D eigenvalue weighted by Gasteiger charge is -1.69. The van der Waals surface area contributed by atoms with Crippen molar-refractivity contribution in [2.75, 3.05) is 0 Å². The van der Waals surface area contributed by atoms with Gasteiger partial charge >= 0.3 is 5.82 Å². The van der Waals surface area contributed by atoms with Crippen LogP contribution in [0.5, 0.6) is 0 Å². The molecule has 0 fully saturated rings. The Morgan fingerprint density at radius 2 is 1.50 bits per heavy atom. The zero-order chi connectivity index (χ0) is 6.15. The minimum absolute atomic E-state index is 0.280. The first-order chi connectivity index (χ1) is 3.70. The van der Waals surface area contributed by atoms with Crippen molar-refractivity contribution in [3.05, 3.63) is 20.0 Å². The summed E-state index contributed by atoms with van der Waals surface area (Å²) in [7, 11) is 0. The Balaban J connectivity index is 3.35. The summed E-state index contributed by atoms with van der Waals surface area (Å²) in [5.74, 6) is -0.719. The van der Waals surface area contributed by atoms with E-state index < -0.39 is 5.82 Å². The summed E-state index contributed by atoms with van der Waals surface area (Å²) in [6.07, 6.45) is 0. The lowest BCUT2D eigenvalue weighted by atomic mass is 11.0. The van der Waals surface area contributed by atoms with Gasteiger partial charge in [0, 0.05) is 0 Å². The van der Waals surface area contributed by atoms with Gasteiger partial charge in [-0.25, -0.2) is 4.79 Å². The summed E-state index contributed by atoms with van der Waals surface area (Å²) in [5, 5.41) is 0. The van der Waals surface area contributed by atoms with Crippen LogP contribution in [0.4, 0.5) is 0 Å². The minimum atomic E-state index is -0.719. The topological polar surface area (TPSA) is 43.4 Å². The van der Waals surface area contributed by atoms with E-state index in [9.17, 15) is 4.79 Å². The Morgan fingerprint density at radius 3 is 1.62 bits per heavy atom. The van der Waals surface area contributed by atoms with Gasteiger partial charge in [-0.1, -0.05) is 0 Å². The number of hydrogen-bond acceptors (Lipinski definition) is 3.